The molecule has 3 heteroatoms. The van der Waals surface area contributed by atoms with E-state index in [0.29, 0.717) is 0 Å². The molecular weight excluding hydrogens is 546 g/mol. The average molecular weight is 589 g/mol. The van der Waals surface area contributed by atoms with Crippen molar-refractivity contribution >= 4 is 46.1 Å². The van der Waals surface area contributed by atoms with Gasteiger partial charge in [0, 0.05) is 18.3 Å². The van der Waals surface area contributed by atoms with Crippen molar-refractivity contribution < 1.29 is 0 Å². The van der Waals surface area contributed by atoms with Gasteiger partial charge in [-0.1, -0.05) is 98.7 Å². The van der Waals surface area contributed by atoms with E-state index in [1.807, 2.05) is 39.0 Å². The van der Waals surface area contributed by atoms with E-state index in [2.05, 4.69) is 122 Å². The van der Waals surface area contributed by atoms with Crippen molar-refractivity contribution in [1.29, 1.82) is 0 Å². The molecule has 0 fully saturated rings. The molecule has 0 radical (unpaired) electrons. The third-order valence-corrected chi connectivity index (χ3v) is 7.73. The Labute approximate surface area is 268 Å². The molecule has 1 heterocycles. The van der Waals surface area contributed by atoms with Crippen LogP contribution in [0.3, 0.4) is 0 Å². The lowest BCUT2D eigenvalue weighted by Crippen LogP contribution is -2.02. The zero-order valence-electron chi connectivity index (χ0n) is 26.5. The summed E-state index contributed by atoms with van der Waals surface area (Å²) >= 11 is 0. The number of nitrogens with two attached hydrogens (primary N) is 2. The Balaban J connectivity index is 0.000000700. The van der Waals surface area contributed by atoms with Crippen molar-refractivity contribution in [3.63, 3.8) is 0 Å². The van der Waals surface area contributed by atoms with Crippen molar-refractivity contribution in [3.8, 4) is 22.3 Å². The van der Waals surface area contributed by atoms with Crippen molar-refractivity contribution in [2.75, 3.05) is 0 Å². The lowest BCUT2D eigenvalue weighted by atomic mass is 9.95. The Morgan fingerprint density at radius 3 is 2.11 bits per heavy atom. The summed E-state index contributed by atoms with van der Waals surface area (Å²) in [5.74, 6) is 0. The van der Waals surface area contributed by atoms with E-state index in [0.717, 1.165) is 28.0 Å². The quantitative estimate of drug-likeness (QED) is 0.140. The topological polar surface area (TPSA) is 55.0 Å². The van der Waals surface area contributed by atoms with Crippen LogP contribution in [0.1, 0.15) is 37.5 Å². The molecule has 0 amide bonds. The Morgan fingerprint density at radius 1 is 0.711 bits per heavy atom. The van der Waals surface area contributed by atoms with E-state index in [9.17, 15) is 0 Å². The highest BCUT2D eigenvalue weighted by molar-refractivity contribution is 6.10. The van der Waals surface area contributed by atoms with Gasteiger partial charge in [0.2, 0.25) is 11.4 Å². The van der Waals surface area contributed by atoms with Crippen LogP contribution in [0.2, 0.25) is 0 Å². The molecule has 4 aromatic carbocycles. The van der Waals surface area contributed by atoms with Crippen molar-refractivity contribution in [2.45, 2.75) is 20.8 Å². The Hall–Kier alpha value is -5.67. The molecule has 45 heavy (non-hydrogen) atoms. The van der Waals surface area contributed by atoms with Gasteiger partial charge >= 0.3 is 0 Å². The van der Waals surface area contributed by atoms with Crippen LogP contribution in [-0.4, -0.2) is 6.21 Å². The van der Waals surface area contributed by atoms with E-state index < -0.39 is 0 Å². The normalized spacial score (nSPS) is 13.7. The zero-order chi connectivity index (χ0) is 32.3. The van der Waals surface area contributed by atoms with Crippen LogP contribution in [-0.2, 0) is 0 Å². The molecule has 4 N–H and O–H groups in total. The largest absolute Gasteiger partial charge is 0.404 e. The SMILES string of the molecule is C=C/C(=C\N)c1ccc2c(c1)[N+](=C/C=C\C=C/C)c1c-2ccc2cc(-c3ccc(C=C)c(/C=C\C)c3)ccc12.C=C/C(C)=C\N. The van der Waals surface area contributed by atoms with Crippen LogP contribution in [0.5, 0.6) is 0 Å². The number of hydrogen-bond acceptors (Lipinski definition) is 2. The molecule has 1 aliphatic heterocycles. The molecule has 0 spiro atoms. The molecule has 4 aromatic rings. The molecule has 0 aliphatic carbocycles. The van der Waals surface area contributed by atoms with Gasteiger partial charge in [-0.05, 0) is 102 Å². The first kappa shape index (κ1) is 32.2. The van der Waals surface area contributed by atoms with E-state index in [-0.39, 0.29) is 0 Å². The Kier molecular flexibility index (Phi) is 10.9. The van der Waals surface area contributed by atoms with Gasteiger partial charge in [-0.25, -0.2) is 0 Å². The van der Waals surface area contributed by atoms with Gasteiger partial charge in [-0.3, -0.25) is 0 Å². The smallest absolute Gasteiger partial charge is 0.227 e. The second-order valence-corrected chi connectivity index (χ2v) is 10.5. The van der Waals surface area contributed by atoms with Crippen molar-refractivity contribution in [2.24, 2.45) is 11.5 Å². The molecular formula is C42H42N3+. The van der Waals surface area contributed by atoms with Gasteiger partial charge < -0.3 is 11.5 Å². The van der Waals surface area contributed by atoms with Gasteiger partial charge in [0.1, 0.15) is 0 Å². The minimum Gasteiger partial charge on any atom is -0.404 e. The lowest BCUT2D eigenvalue weighted by molar-refractivity contribution is 1.15. The van der Waals surface area contributed by atoms with Crippen LogP contribution >= 0.6 is 0 Å². The number of fused-ring (bicyclic) bond motifs is 5. The number of hydrogen-bond donors (Lipinski definition) is 2. The monoisotopic (exact) mass is 588 g/mol. The van der Waals surface area contributed by atoms with Crippen LogP contribution in [0, 0.1) is 0 Å². The molecule has 1 aliphatic rings. The van der Waals surface area contributed by atoms with E-state index >= 15 is 0 Å². The van der Waals surface area contributed by atoms with Crippen molar-refractivity contribution in [3.05, 3.63) is 164 Å². The Morgan fingerprint density at radius 2 is 1.47 bits per heavy atom. The summed E-state index contributed by atoms with van der Waals surface area (Å²) < 4.78 is 2.29. The average Bonchev–Trinajstić information content (AvgIpc) is 3.40. The summed E-state index contributed by atoms with van der Waals surface area (Å²) in [7, 11) is 0. The summed E-state index contributed by atoms with van der Waals surface area (Å²) in [6, 6.07) is 24.3. The van der Waals surface area contributed by atoms with Crippen LogP contribution in [0.25, 0.3) is 50.8 Å². The standard InChI is InChI=1S/C37H33N2.C5H9N/c1-5-9-10-11-21-39-36-24-31(27(8-4)25-38)16-19-34(36)35-20-17-32-23-30(15-18-33(32)37(35)39)29-14-13-26(7-3)28(22-29)12-6-2;1-3-5(2)4-6/h5-25H,3-4,38H2,1-2H3;3-4H,1,6H2,2H3/q+1;/b9-5-,11-10-,12-6-,27-25+,39-21?;5-4-. The molecule has 224 valence electrons. The highest BCUT2D eigenvalue weighted by Gasteiger charge is 2.33. The van der Waals surface area contributed by atoms with Gasteiger partial charge in [0.05, 0.1) is 16.5 Å². The van der Waals surface area contributed by atoms with E-state index in [1.165, 1.54) is 50.5 Å². The third-order valence-electron chi connectivity index (χ3n) is 7.73. The summed E-state index contributed by atoms with van der Waals surface area (Å²) in [5, 5.41) is 2.41. The summed E-state index contributed by atoms with van der Waals surface area (Å²) in [4.78, 5) is 0. The van der Waals surface area contributed by atoms with Gasteiger partial charge in [-0.15, -0.1) is 0 Å². The molecule has 5 rings (SSSR count). The van der Waals surface area contributed by atoms with Crippen LogP contribution in [0.15, 0.2) is 147 Å². The highest BCUT2D eigenvalue weighted by Crippen LogP contribution is 2.49. The number of allylic oxidation sites excluding steroid dienone is 9. The molecule has 0 saturated carbocycles. The first-order chi connectivity index (χ1) is 21.9. The molecule has 0 aromatic heterocycles. The fraction of sp³-hybridized carbons (Fsp3) is 0.0714. The maximum absolute atomic E-state index is 5.89. The third kappa shape index (κ3) is 6.95. The minimum atomic E-state index is 0.910. The molecule has 0 bridgehead atoms. The fourth-order valence-corrected chi connectivity index (χ4v) is 5.31. The molecule has 3 nitrogen and oxygen atoms in total. The second-order valence-electron chi connectivity index (χ2n) is 10.5. The van der Waals surface area contributed by atoms with Gasteiger partial charge in [0.15, 0.2) is 6.21 Å². The number of benzene rings is 4. The zero-order valence-corrected chi connectivity index (χ0v) is 26.5. The highest BCUT2D eigenvalue weighted by atomic mass is 15.0. The number of rotatable bonds is 8. The summed E-state index contributed by atoms with van der Waals surface area (Å²) in [6.07, 6.45) is 23.1. The van der Waals surface area contributed by atoms with Crippen LogP contribution in [0.4, 0.5) is 11.4 Å². The van der Waals surface area contributed by atoms with E-state index in [4.69, 9.17) is 11.5 Å². The van der Waals surface area contributed by atoms with Crippen LogP contribution < -0.4 is 16.0 Å². The fourth-order valence-electron chi connectivity index (χ4n) is 5.31. The number of nitrogens with zero attached hydrogens (tertiary/aromatic N) is 1. The van der Waals surface area contributed by atoms with Gasteiger partial charge in [0.25, 0.3) is 0 Å². The first-order valence-corrected chi connectivity index (χ1v) is 15.0. The summed E-state index contributed by atoms with van der Waals surface area (Å²) in [6.45, 7) is 17.3. The molecule has 0 unspecified atom stereocenters. The minimum absolute atomic E-state index is 0.910. The van der Waals surface area contributed by atoms with E-state index in [1.54, 1.807) is 18.4 Å². The maximum Gasteiger partial charge on any atom is 0.227 e. The van der Waals surface area contributed by atoms with Crippen molar-refractivity contribution in [1.82, 2.24) is 4.58 Å². The molecule has 0 saturated heterocycles. The lowest BCUT2D eigenvalue weighted by Gasteiger charge is -2.09. The summed E-state index contributed by atoms with van der Waals surface area (Å²) in [5.41, 5.74) is 23.3. The molecule has 0 atom stereocenters. The predicted octanol–water partition coefficient (Wildman–Crippen LogP) is 10.7. The maximum atomic E-state index is 5.89. The predicted molar refractivity (Wildman–Crippen MR) is 202 cm³/mol. The first-order valence-electron chi connectivity index (χ1n) is 15.0. The second kappa shape index (κ2) is 15.2. The Bertz CT molecular complexity index is 1940. The van der Waals surface area contributed by atoms with Gasteiger partial charge in [-0.2, -0.15) is 4.58 Å².